The summed E-state index contributed by atoms with van der Waals surface area (Å²) < 4.78 is 16.3. The summed E-state index contributed by atoms with van der Waals surface area (Å²) in [5.41, 5.74) is 0.823. The Morgan fingerprint density at radius 1 is 1.30 bits per heavy atom. The number of hydrogen-bond donors (Lipinski definition) is 0. The molecule has 0 amide bonds. The van der Waals surface area contributed by atoms with Crippen LogP contribution in [0.2, 0.25) is 0 Å². The highest BCUT2D eigenvalue weighted by Crippen LogP contribution is 2.31. The fraction of sp³-hybridized carbons (Fsp3) is 0.176. The van der Waals surface area contributed by atoms with Gasteiger partial charge in [-0.3, -0.25) is 4.79 Å². The second-order valence-corrected chi connectivity index (χ2v) is 5.15. The van der Waals surface area contributed by atoms with Crippen molar-refractivity contribution in [3.05, 3.63) is 52.4 Å². The van der Waals surface area contributed by atoms with Gasteiger partial charge in [0, 0.05) is 0 Å². The van der Waals surface area contributed by atoms with Gasteiger partial charge in [0.15, 0.2) is 5.76 Å². The Morgan fingerprint density at radius 3 is 2.74 bits per heavy atom. The van der Waals surface area contributed by atoms with Crippen molar-refractivity contribution in [1.29, 1.82) is 0 Å². The topological polar surface area (TPSA) is 92.7 Å². The lowest BCUT2D eigenvalue weighted by molar-refractivity contribution is -0.312. The third-order valence-corrected chi connectivity index (χ3v) is 3.38. The van der Waals surface area contributed by atoms with Crippen molar-refractivity contribution < 1.29 is 23.5 Å². The van der Waals surface area contributed by atoms with Crippen LogP contribution < -0.4 is 15.3 Å². The van der Waals surface area contributed by atoms with E-state index in [2.05, 4.69) is 0 Å². The summed E-state index contributed by atoms with van der Waals surface area (Å²) in [5.74, 6) is -1.33. The van der Waals surface area contributed by atoms with E-state index in [1.165, 1.54) is 13.2 Å². The van der Waals surface area contributed by atoms with E-state index in [1.54, 1.807) is 30.3 Å². The molecule has 0 bridgehead atoms. The Morgan fingerprint density at radius 2 is 2.09 bits per heavy atom. The maximum Gasteiger partial charge on any atom is 0.235 e. The summed E-state index contributed by atoms with van der Waals surface area (Å²) in [5, 5.41) is 11.2. The molecule has 0 aliphatic heterocycles. The van der Waals surface area contributed by atoms with E-state index in [0.29, 0.717) is 11.0 Å². The lowest BCUT2D eigenvalue weighted by atomic mass is 10.1. The van der Waals surface area contributed by atoms with E-state index in [0.717, 1.165) is 5.56 Å². The van der Waals surface area contributed by atoms with Gasteiger partial charge < -0.3 is 23.5 Å². The highest BCUT2D eigenvalue weighted by Gasteiger charge is 2.21. The van der Waals surface area contributed by atoms with E-state index < -0.39 is 17.5 Å². The molecule has 118 valence electrons. The molecule has 0 saturated heterocycles. The zero-order valence-electron chi connectivity index (χ0n) is 12.5. The molecule has 0 aliphatic rings. The number of aryl methyl sites for hydroxylation is 1. The zero-order chi connectivity index (χ0) is 16.6. The highest BCUT2D eigenvalue weighted by atomic mass is 16.5. The number of aliphatic carboxylic acids is 1. The molecule has 1 aromatic carbocycles. The van der Waals surface area contributed by atoms with Crippen LogP contribution in [0.3, 0.4) is 0 Å². The van der Waals surface area contributed by atoms with Crippen LogP contribution in [-0.2, 0) is 4.79 Å². The van der Waals surface area contributed by atoms with E-state index in [1.807, 2.05) is 6.92 Å². The smallest absolute Gasteiger partial charge is 0.235 e. The van der Waals surface area contributed by atoms with Crippen LogP contribution >= 0.6 is 0 Å². The number of hydrogen-bond acceptors (Lipinski definition) is 6. The number of carbonyl (C=O) groups excluding carboxylic acids is 1. The first kappa shape index (κ1) is 14.9. The Bertz CT molecular complexity index is 920. The van der Waals surface area contributed by atoms with Gasteiger partial charge in [-0.1, -0.05) is 6.07 Å². The van der Waals surface area contributed by atoms with Gasteiger partial charge in [0.25, 0.3) is 0 Å². The number of furan rings is 1. The molecule has 0 saturated carbocycles. The number of carboxylic acid groups (broad SMARTS) is 1. The van der Waals surface area contributed by atoms with Crippen LogP contribution in [0.1, 0.15) is 12.5 Å². The van der Waals surface area contributed by atoms with Gasteiger partial charge in [-0.15, -0.1) is 0 Å². The minimum atomic E-state index is -1.43. The number of carboxylic acids is 1. The molecule has 0 spiro atoms. The summed E-state index contributed by atoms with van der Waals surface area (Å²) in [7, 11) is 0. The Hall–Kier alpha value is -3.02. The van der Waals surface area contributed by atoms with Crippen LogP contribution in [0.5, 0.6) is 5.75 Å². The summed E-state index contributed by atoms with van der Waals surface area (Å²) in [6.45, 7) is 3.15. The number of ether oxygens (including phenoxy) is 1. The maximum absolute atomic E-state index is 12.7. The maximum atomic E-state index is 12.7. The SMILES string of the molecule is Cc1ccc2c(=O)c(O[C@@H](C)C(=O)[O-])c(-c3ccco3)oc2c1. The molecule has 1 atom stereocenters. The molecular weight excluding hydrogens is 300 g/mol. The van der Waals surface area contributed by atoms with Gasteiger partial charge in [0.2, 0.25) is 16.9 Å². The monoisotopic (exact) mass is 313 g/mol. The lowest BCUT2D eigenvalue weighted by Gasteiger charge is -2.16. The summed E-state index contributed by atoms with van der Waals surface area (Å²) in [6.07, 6.45) is 0.108. The van der Waals surface area contributed by atoms with E-state index in [-0.39, 0.29) is 17.3 Å². The quantitative estimate of drug-likeness (QED) is 0.730. The molecule has 0 radical (unpaired) electrons. The minimum absolute atomic E-state index is 0.0474. The van der Waals surface area contributed by atoms with Crippen LogP contribution in [0, 0.1) is 6.92 Å². The molecule has 0 unspecified atom stereocenters. The second kappa shape index (κ2) is 5.64. The minimum Gasteiger partial charge on any atom is -0.546 e. The Labute approximate surface area is 130 Å². The van der Waals surface area contributed by atoms with Crippen LogP contribution in [0.15, 0.2) is 50.2 Å². The predicted octanol–water partition coefficient (Wildman–Crippen LogP) is 1.88. The Balaban J connectivity index is 2.28. The first-order valence-corrected chi connectivity index (χ1v) is 6.96. The molecule has 2 heterocycles. The van der Waals surface area contributed by atoms with Crippen molar-refractivity contribution in [2.75, 3.05) is 0 Å². The van der Waals surface area contributed by atoms with Gasteiger partial charge in [-0.25, -0.2) is 0 Å². The molecule has 3 aromatic rings. The Kier molecular flexibility index (Phi) is 3.65. The van der Waals surface area contributed by atoms with Gasteiger partial charge in [-0.05, 0) is 43.7 Å². The van der Waals surface area contributed by atoms with Gasteiger partial charge in [0.1, 0.15) is 11.7 Å². The van der Waals surface area contributed by atoms with E-state index in [4.69, 9.17) is 13.6 Å². The number of carbonyl (C=O) groups is 1. The van der Waals surface area contributed by atoms with Gasteiger partial charge >= 0.3 is 0 Å². The molecule has 23 heavy (non-hydrogen) atoms. The molecule has 3 rings (SSSR count). The first-order chi connectivity index (χ1) is 11.0. The average molecular weight is 313 g/mol. The number of rotatable bonds is 4. The average Bonchev–Trinajstić information content (AvgIpc) is 3.03. The van der Waals surface area contributed by atoms with Crippen molar-refractivity contribution in [2.24, 2.45) is 0 Å². The first-order valence-electron chi connectivity index (χ1n) is 6.96. The number of benzene rings is 1. The van der Waals surface area contributed by atoms with E-state index in [9.17, 15) is 14.7 Å². The lowest BCUT2D eigenvalue weighted by Crippen LogP contribution is -2.38. The van der Waals surface area contributed by atoms with Crippen molar-refractivity contribution >= 4 is 16.9 Å². The van der Waals surface area contributed by atoms with Crippen LogP contribution in [-0.4, -0.2) is 12.1 Å². The second-order valence-electron chi connectivity index (χ2n) is 5.15. The molecule has 0 N–H and O–H groups in total. The fourth-order valence-corrected chi connectivity index (χ4v) is 2.19. The molecule has 0 aliphatic carbocycles. The van der Waals surface area contributed by atoms with Gasteiger partial charge in [-0.2, -0.15) is 0 Å². The fourth-order valence-electron chi connectivity index (χ4n) is 2.19. The van der Waals surface area contributed by atoms with E-state index >= 15 is 0 Å². The largest absolute Gasteiger partial charge is 0.546 e. The standard InChI is InChI=1S/C17H14O6/c1-9-5-6-11-13(8-9)23-15(12-4-3-7-21-12)16(14(11)18)22-10(2)17(19)20/h3-8,10H,1-2H3,(H,19,20)/p-1/t10-/m0/s1. The van der Waals surface area contributed by atoms with Crippen molar-refractivity contribution in [3.63, 3.8) is 0 Å². The highest BCUT2D eigenvalue weighted by molar-refractivity contribution is 5.82. The normalized spacial score (nSPS) is 12.3. The molecule has 2 aromatic heterocycles. The van der Waals surface area contributed by atoms with Crippen molar-refractivity contribution in [2.45, 2.75) is 20.0 Å². The summed E-state index contributed by atoms with van der Waals surface area (Å²) >= 11 is 0. The summed E-state index contributed by atoms with van der Waals surface area (Å²) in [4.78, 5) is 23.6. The third kappa shape index (κ3) is 2.70. The van der Waals surface area contributed by atoms with Crippen LogP contribution in [0.25, 0.3) is 22.5 Å². The summed E-state index contributed by atoms with van der Waals surface area (Å²) in [6, 6.07) is 8.31. The van der Waals surface area contributed by atoms with Crippen molar-refractivity contribution in [1.82, 2.24) is 0 Å². The number of fused-ring (bicyclic) bond motifs is 1. The zero-order valence-corrected chi connectivity index (χ0v) is 12.5. The molecule has 6 nitrogen and oxygen atoms in total. The van der Waals surface area contributed by atoms with Gasteiger partial charge in [0.05, 0.1) is 17.6 Å². The van der Waals surface area contributed by atoms with Crippen LogP contribution in [0.4, 0.5) is 0 Å². The molecule has 6 heteroatoms. The van der Waals surface area contributed by atoms with Crippen molar-refractivity contribution in [3.8, 4) is 17.3 Å². The molecule has 0 fully saturated rings. The predicted molar refractivity (Wildman–Crippen MR) is 80.0 cm³/mol. The third-order valence-electron chi connectivity index (χ3n) is 3.38. The molecular formula is C17H13O6-.